The van der Waals surface area contributed by atoms with Crippen molar-refractivity contribution in [1.82, 2.24) is 4.57 Å². The molecule has 4 nitrogen and oxygen atoms in total. The molecule has 5 aliphatic rings. The maximum absolute atomic E-state index is 13.2. The second kappa shape index (κ2) is 7.73. The average molecular weight is 520 g/mol. The van der Waals surface area contributed by atoms with Gasteiger partial charge in [0.25, 0.3) is 0 Å². The lowest BCUT2D eigenvalue weighted by molar-refractivity contribution is -0.0417. The van der Waals surface area contributed by atoms with Crippen LogP contribution in [0.3, 0.4) is 0 Å². The van der Waals surface area contributed by atoms with E-state index in [9.17, 15) is 15.0 Å². The molecule has 2 N–H and O–H groups in total. The maximum Gasteiger partial charge on any atom is 0.207 e. The van der Waals surface area contributed by atoms with Gasteiger partial charge in [-0.15, -0.1) is 11.3 Å². The van der Waals surface area contributed by atoms with Gasteiger partial charge in [0.15, 0.2) is 5.78 Å². The van der Waals surface area contributed by atoms with Crippen LogP contribution in [0.4, 0.5) is 0 Å². The van der Waals surface area contributed by atoms with Crippen LogP contribution in [-0.2, 0) is 5.41 Å². The number of carbonyl (C=O) groups is 1. The Morgan fingerprint density at radius 2 is 1.55 bits per heavy atom. The molecule has 9 rings (SSSR count). The van der Waals surface area contributed by atoms with Gasteiger partial charge in [0.1, 0.15) is 0 Å². The molecule has 1 spiro atoms. The molecular weight excluding hydrogens is 490 g/mol. The number of hydrogen-bond donors (Lipinski definition) is 2. The van der Waals surface area contributed by atoms with E-state index in [1.54, 1.807) is 40.2 Å². The van der Waals surface area contributed by atoms with E-state index in [1.165, 1.54) is 37.0 Å². The number of ketones is 1. The van der Waals surface area contributed by atoms with Crippen LogP contribution in [-0.4, -0.2) is 20.6 Å². The number of hydrogen-bond acceptors (Lipinski definition) is 4. The number of thiophene rings is 1. The molecule has 4 aromatic rings. The third-order valence-corrected chi connectivity index (χ3v) is 11.1. The number of aromatic nitrogens is 1. The van der Waals surface area contributed by atoms with Crippen molar-refractivity contribution in [1.29, 1.82) is 0 Å². The van der Waals surface area contributed by atoms with E-state index < -0.39 is 0 Å². The molecule has 190 valence electrons. The topological polar surface area (TPSA) is 62.5 Å². The summed E-state index contributed by atoms with van der Waals surface area (Å²) in [4.78, 5) is 14.5. The molecule has 4 fully saturated rings. The predicted molar refractivity (Wildman–Crippen MR) is 149 cm³/mol. The number of rotatable bonds is 3. The van der Waals surface area contributed by atoms with Crippen molar-refractivity contribution >= 4 is 22.7 Å². The molecule has 0 radical (unpaired) electrons. The van der Waals surface area contributed by atoms with Gasteiger partial charge in [-0.2, -0.15) is 0 Å². The van der Waals surface area contributed by atoms with Crippen molar-refractivity contribution in [2.45, 2.75) is 37.5 Å². The third kappa shape index (κ3) is 2.72. The summed E-state index contributed by atoms with van der Waals surface area (Å²) < 4.78 is 1.54. The molecule has 0 aliphatic heterocycles. The van der Waals surface area contributed by atoms with Crippen molar-refractivity contribution in [3.8, 4) is 17.4 Å². The Morgan fingerprint density at radius 3 is 2.26 bits per heavy atom. The van der Waals surface area contributed by atoms with E-state index in [2.05, 4.69) is 18.0 Å². The molecule has 2 aromatic heterocycles. The summed E-state index contributed by atoms with van der Waals surface area (Å²) in [5, 5.41) is 26.0. The van der Waals surface area contributed by atoms with Gasteiger partial charge >= 0.3 is 0 Å². The summed E-state index contributed by atoms with van der Waals surface area (Å²) in [6, 6.07) is 18.5. The minimum Gasteiger partial charge on any atom is -0.494 e. The summed E-state index contributed by atoms with van der Waals surface area (Å²) in [5.74, 6) is 2.47. The van der Waals surface area contributed by atoms with Gasteiger partial charge in [0.2, 0.25) is 11.8 Å². The van der Waals surface area contributed by atoms with Gasteiger partial charge in [0.05, 0.1) is 11.3 Å². The van der Waals surface area contributed by atoms with E-state index in [-0.39, 0.29) is 23.0 Å². The Hall–Kier alpha value is -3.57. The fourth-order valence-electron chi connectivity index (χ4n) is 8.83. The third-order valence-electron chi connectivity index (χ3n) is 10.0. The van der Waals surface area contributed by atoms with Gasteiger partial charge in [0, 0.05) is 27.0 Å². The molecule has 0 atom stereocenters. The highest BCUT2D eigenvalue weighted by Crippen LogP contribution is 2.71. The molecule has 5 heteroatoms. The Labute approximate surface area is 225 Å². The summed E-state index contributed by atoms with van der Waals surface area (Å²) in [7, 11) is 0. The predicted octanol–water partition coefficient (Wildman–Crippen LogP) is 7.30. The monoisotopic (exact) mass is 519 g/mol. The van der Waals surface area contributed by atoms with Gasteiger partial charge in [-0.25, -0.2) is 0 Å². The Kier molecular flexibility index (Phi) is 4.56. The second-order valence-corrected chi connectivity index (χ2v) is 12.7. The molecule has 4 saturated carbocycles. The lowest BCUT2D eigenvalue weighted by Crippen LogP contribution is -2.56. The van der Waals surface area contributed by atoms with Gasteiger partial charge in [-0.1, -0.05) is 49.0 Å². The number of aromatic hydroxyl groups is 2. The Bertz CT molecular complexity index is 1610. The average Bonchev–Trinajstić information content (AvgIpc) is 3.52. The molecule has 4 bridgehead atoms. The fraction of sp³-hybridized carbons (Fsp3) is 0.303. The highest BCUT2D eigenvalue weighted by molar-refractivity contribution is 7.10. The van der Waals surface area contributed by atoms with E-state index in [0.29, 0.717) is 34.2 Å². The van der Waals surface area contributed by atoms with Crippen LogP contribution >= 0.6 is 11.3 Å². The molecular formula is C33H29NO3S. The first kappa shape index (κ1) is 22.4. The number of benzene rings is 2. The molecule has 0 amide bonds. The summed E-state index contributed by atoms with van der Waals surface area (Å²) in [5.41, 5.74) is 4.85. The first-order chi connectivity index (χ1) is 18.5. The molecule has 0 unspecified atom stereocenters. The van der Waals surface area contributed by atoms with E-state index in [0.717, 1.165) is 28.5 Å². The van der Waals surface area contributed by atoms with Crippen molar-refractivity contribution < 1.29 is 15.0 Å². The highest BCUT2D eigenvalue weighted by Gasteiger charge is 2.63. The number of nitrogens with zero attached hydrogens (tertiary/aromatic N) is 1. The first-order valence-electron chi connectivity index (χ1n) is 13.6. The van der Waals surface area contributed by atoms with Crippen molar-refractivity contribution in [3.05, 3.63) is 105 Å². The summed E-state index contributed by atoms with van der Waals surface area (Å²) in [6.07, 6.45) is 6.08. The van der Waals surface area contributed by atoms with Crippen molar-refractivity contribution in [2.24, 2.45) is 23.7 Å². The standard InChI is InChI=1S/C33H29NO3S/c1-18-26-10-11-38-30(26)33(23-13-19-12-20(15-23)16-24(33)14-19)28-27(18)31(36)34(32(28)37)25-9-5-8-22(17-25)29(35)21-6-3-2-4-7-21/h2-11,17,19-20,23-24,36-37H,1,12-16H2. The van der Waals surface area contributed by atoms with Gasteiger partial charge in [-0.3, -0.25) is 9.36 Å². The smallest absolute Gasteiger partial charge is 0.207 e. The summed E-state index contributed by atoms with van der Waals surface area (Å²) >= 11 is 1.79. The van der Waals surface area contributed by atoms with Crippen LogP contribution in [0.5, 0.6) is 11.8 Å². The maximum atomic E-state index is 13.2. The molecule has 2 heterocycles. The molecule has 5 aliphatic carbocycles. The lowest BCUT2D eigenvalue weighted by atomic mass is 9.42. The largest absolute Gasteiger partial charge is 0.494 e. The van der Waals surface area contributed by atoms with E-state index in [1.807, 2.05) is 30.3 Å². The SMILES string of the molecule is C=C1c2ccsc2C2(c3c1c(O)n(-c1cccc(C(=O)c4ccccc4)c1)c3O)C1CC3CC(C1)CC2C3. The molecule has 0 saturated heterocycles. The zero-order valence-electron chi connectivity index (χ0n) is 21.1. The summed E-state index contributed by atoms with van der Waals surface area (Å²) in [6.45, 7) is 4.43. The fourth-order valence-corrected chi connectivity index (χ4v) is 10.1. The first-order valence-corrected chi connectivity index (χ1v) is 14.5. The number of carbonyl (C=O) groups excluding carboxylic acids is 1. The highest BCUT2D eigenvalue weighted by atomic mass is 32.1. The van der Waals surface area contributed by atoms with Crippen LogP contribution in [0.1, 0.15) is 69.6 Å². The normalized spacial score (nSPS) is 28.5. The van der Waals surface area contributed by atoms with Crippen LogP contribution in [0.15, 0.2) is 72.6 Å². The Morgan fingerprint density at radius 1 is 0.868 bits per heavy atom. The van der Waals surface area contributed by atoms with E-state index >= 15 is 0 Å². The van der Waals surface area contributed by atoms with Gasteiger partial charge < -0.3 is 10.2 Å². The Balaban J connectivity index is 1.34. The lowest BCUT2D eigenvalue weighted by Gasteiger charge is -2.62. The van der Waals surface area contributed by atoms with E-state index in [4.69, 9.17) is 0 Å². The zero-order chi connectivity index (χ0) is 25.8. The van der Waals surface area contributed by atoms with Gasteiger partial charge in [-0.05, 0) is 90.5 Å². The van der Waals surface area contributed by atoms with Crippen molar-refractivity contribution in [3.63, 3.8) is 0 Å². The quantitative estimate of drug-likeness (QED) is 0.279. The van der Waals surface area contributed by atoms with Crippen LogP contribution in [0, 0.1) is 23.7 Å². The molecule has 38 heavy (non-hydrogen) atoms. The zero-order valence-corrected chi connectivity index (χ0v) is 21.9. The minimum atomic E-state index is -0.294. The minimum absolute atomic E-state index is 0.0110. The van der Waals surface area contributed by atoms with Crippen LogP contribution in [0.2, 0.25) is 0 Å². The molecule has 2 aromatic carbocycles. The van der Waals surface area contributed by atoms with Crippen LogP contribution < -0.4 is 0 Å². The second-order valence-electron chi connectivity index (χ2n) is 11.8. The number of fused-ring (bicyclic) bond motifs is 2. The van der Waals surface area contributed by atoms with Crippen LogP contribution in [0.25, 0.3) is 11.3 Å². The van der Waals surface area contributed by atoms with Crippen molar-refractivity contribution in [2.75, 3.05) is 0 Å².